The summed E-state index contributed by atoms with van der Waals surface area (Å²) in [6, 6.07) is 3.28. The van der Waals surface area contributed by atoms with Gasteiger partial charge in [-0.2, -0.15) is 8.42 Å². The number of hydrogen-bond acceptors (Lipinski definition) is 3. The van der Waals surface area contributed by atoms with E-state index >= 15 is 0 Å². The molecule has 0 fully saturated rings. The lowest BCUT2D eigenvalue weighted by atomic mass is 10.2. The normalized spacial score (nSPS) is 14.0. The number of aromatic nitrogens is 1. The summed E-state index contributed by atoms with van der Waals surface area (Å²) in [5.41, 5.74) is 0.521. The summed E-state index contributed by atoms with van der Waals surface area (Å²) in [7, 11) is -4.01. The van der Waals surface area contributed by atoms with E-state index in [1.165, 1.54) is 6.20 Å². The first-order valence-electron chi connectivity index (χ1n) is 3.92. The Morgan fingerprint density at radius 2 is 2.31 bits per heavy atom. The lowest BCUT2D eigenvalue weighted by molar-refractivity contribution is 0.466. The first-order valence-corrected chi connectivity index (χ1v) is 5.42. The SMILES string of the molecule is CCC(c1cccnc1)S(=O)(=O)O. The molecule has 0 aliphatic heterocycles. The fraction of sp³-hybridized carbons (Fsp3) is 0.375. The zero-order chi connectivity index (χ0) is 9.90. The van der Waals surface area contributed by atoms with E-state index in [2.05, 4.69) is 4.98 Å². The number of rotatable bonds is 3. The van der Waals surface area contributed by atoms with E-state index in [0.29, 0.717) is 12.0 Å². The van der Waals surface area contributed by atoms with Crippen molar-refractivity contribution in [3.63, 3.8) is 0 Å². The second kappa shape index (κ2) is 3.85. The Bertz CT molecular complexity index is 360. The summed E-state index contributed by atoms with van der Waals surface area (Å²) in [6.07, 6.45) is 3.34. The Kier molecular flexibility index (Phi) is 3.00. The molecule has 1 aromatic rings. The molecule has 0 bridgehead atoms. The molecule has 0 aromatic carbocycles. The smallest absolute Gasteiger partial charge is 0.272 e. The Balaban J connectivity index is 3.06. The molecule has 4 nitrogen and oxygen atoms in total. The van der Waals surface area contributed by atoms with Crippen molar-refractivity contribution in [1.29, 1.82) is 0 Å². The van der Waals surface area contributed by atoms with Gasteiger partial charge in [0.1, 0.15) is 5.25 Å². The van der Waals surface area contributed by atoms with Gasteiger partial charge in [0.15, 0.2) is 0 Å². The van der Waals surface area contributed by atoms with Gasteiger partial charge in [0, 0.05) is 12.4 Å². The van der Waals surface area contributed by atoms with Gasteiger partial charge in [-0.25, -0.2) is 0 Å². The summed E-state index contributed by atoms with van der Waals surface area (Å²) in [6.45, 7) is 1.70. The molecule has 0 aliphatic rings. The molecule has 1 unspecified atom stereocenters. The van der Waals surface area contributed by atoms with Crippen LogP contribution in [0.4, 0.5) is 0 Å². The molecule has 72 valence electrons. The fourth-order valence-electron chi connectivity index (χ4n) is 1.18. The Morgan fingerprint density at radius 3 is 2.69 bits per heavy atom. The van der Waals surface area contributed by atoms with Crippen molar-refractivity contribution >= 4 is 10.1 Å². The maximum absolute atomic E-state index is 10.9. The van der Waals surface area contributed by atoms with Gasteiger partial charge < -0.3 is 0 Å². The number of pyridine rings is 1. The van der Waals surface area contributed by atoms with Crippen LogP contribution < -0.4 is 0 Å². The number of nitrogens with zero attached hydrogens (tertiary/aromatic N) is 1. The van der Waals surface area contributed by atoms with Gasteiger partial charge in [-0.3, -0.25) is 9.54 Å². The molecule has 0 radical (unpaired) electrons. The fourth-order valence-corrected chi connectivity index (χ4v) is 2.09. The topological polar surface area (TPSA) is 67.3 Å². The molecule has 0 amide bonds. The van der Waals surface area contributed by atoms with E-state index < -0.39 is 15.4 Å². The molecule has 1 rings (SSSR count). The second-order valence-electron chi connectivity index (χ2n) is 2.70. The summed E-state index contributed by atoms with van der Waals surface area (Å²) >= 11 is 0. The van der Waals surface area contributed by atoms with Crippen LogP contribution in [-0.4, -0.2) is 18.0 Å². The molecule has 1 aromatic heterocycles. The molecule has 0 spiro atoms. The summed E-state index contributed by atoms with van der Waals surface area (Å²) < 4.78 is 30.7. The average molecular weight is 201 g/mol. The van der Waals surface area contributed by atoms with Crippen LogP contribution in [0.5, 0.6) is 0 Å². The van der Waals surface area contributed by atoms with E-state index in [4.69, 9.17) is 4.55 Å². The highest BCUT2D eigenvalue weighted by molar-refractivity contribution is 7.86. The summed E-state index contributed by atoms with van der Waals surface area (Å²) in [5, 5.41) is -0.860. The first-order chi connectivity index (χ1) is 6.05. The highest BCUT2D eigenvalue weighted by Gasteiger charge is 2.22. The van der Waals surface area contributed by atoms with Crippen molar-refractivity contribution in [3.05, 3.63) is 30.1 Å². The van der Waals surface area contributed by atoms with E-state index in [1.54, 1.807) is 25.3 Å². The quantitative estimate of drug-likeness (QED) is 0.751. The molecule has 13 heavy (non-hydrogen) atoms. The van der Waals surface area contributed by atoms with Gasteiger partial charge in [0.05, 0.1) is 0 Å². The van der Waals surface area contributed by atoms with Crippen molar-refractivity contribution in [2.24, 2.45) is 0 Å². The minimum absolute atomic E-state index is 0.338. The summed E-state index contributed by atoms with van der Waals surface area (Å²) in [4.78, 5) is 3.79. The van der Waals surface area contributed by atoms with Crippen LogP contribution in [0.25, 0.3) is 0 Å². The van der Waals surface area contributed by atoms with Gasteiger partial charge in [0.25, 0.3) is 10.1 Å². The van der Waals surface area contributed by atoms with Gasteiger partial charge in [-0.1, -0.05) is 13.0 Å². The molecule has 0 aliphatic carbocycles. The van der Waals surface area contributed by atoms with Crippen molar-refractivity contribution in [2.45, 2.75) is 18.6 Å². The third kappa shape index (κ3) is 2.50. The van der Waals surface area contributed by atoms with E-state index in [0.717, 1.165) is 0 Å². The van der Waals surface area contributed by atoms with Crippen LogP contribution in [-0.2, 0) is 10.1 Å². The predicted molar refractivity (Wildman–Crippen MR) is 48.8 cm³/mol. The highest BCUT2D eigenvalue weighted by Crippen LogP contribution is 2.23. The van der Waals surface area contributed by atoms with Gasteiger partial charge in [0.2, 0.25) is 0 Å². The van der Waals surface area contributed by atoms with Crippen LogP contribution in [0.3, 0.4) is 0 Å². The third-order valence-electron chi connectivity index (χ3n) is 1.79. The first kappa shape index (κ1) is 10.1. The average Bonchev–Trinajstić information content (AvgIpc) is 2.05. The molecule has 1 N–H and O–H groups in total. The Labute approximate surface area is 77.4 Å². The highest BCUT2D eigenvalue weighted by atomic mass is 32.2. The van der Waals surface area contributed by atoms with Crippen LogP contribution in [0.1, 0.15) is 24.2 Å². The monoisotopic (exact) mass is 201 g/mol. The minimum Gasteiger partial charge on any atom is -0.285 e. The molecular weight excluding hydrogens is 190 g/mol. The van der Waals surface area contributed by atoms with Crippen molar-refractivity contribution < 1.29 is 13.0 Å². The molecule has 0 saturated heterocycles. The third-order valence-corrected chi connectivity index (χ3v) is 3.11. The molecular formula is C8H11NO3S. The zero-order valence-corrected chi connectivity index (χ0v) is 8.03. The maximum atomic E-state index is 10.9. The summed E-state index contributed by atoms with van der Waals surface area (Å²) in [5.74, 6) is 0. The van der Waals surface area contributed by atoms with Gasteiger partial charge in [-0.15, -0.1) is 0 Å². The van der Waals surface area contributed by atoms with Crippen molar-refractivity contribution in [2.75, 3.05) is 0 Å². The van der Waals surface area contributed by atoms with Crippen LogP contribution >= 0.6 is 0 Å². The van der Waals surface area contributed by atoms with Crippen LogP contribution in [0, 0.1) is 0 Å². The van der Waals surface area contributed by atoms with Gasteiger partial charge in [-0.05, 0) is 18.1 Å². The van der Waals surface area contributed by atoms with Crippen LogP contribution in [0.15, 0.2) is 24.5 Å². The lowest BCUT2D eigenvalue weighted by Crippen LogP contribution is -2.11. The molecule has 1 heterocycles. The van der Waals surface area contributed by atoms with E-state index in [1.807, 2.05) is 0 Å². The van der Waals surface area contributed by atoms with Crippen molar-refractivity contribution in [1.82, 2.24) is 4.98 Å². The van der Waals surface area contributed by atoms with E-state index in [-0.39, 0.29) is 0 Å². The molecule has 1 atom stereocenters. The van der Waals surface area contributed by atoms with E-state index in [9.17, 15) is 8.42 Å². The Hall–Kier alpha value is -0.940. The lowest BCUT2D eigenvalue weighted by Gasteiger charge is -2.10. The largest absolute Gasteiger partial charge is 0.285 e. The second-order valence-corrected chi connectivity index (χ2v) is 4.30. The zero-order valence-electron chi connectivity index (χ0n) is 7.21. The molecule has 0 saturated carbocycles. The Morgan fingerprint density at radius 1 is 1.62 bits per heavy atom. The number of hydrogen-bond donors (Lipinski definition) is 1. The van der Waals surface area contributed by atoms with Crippen molar-refractivity contribution in [3.8, 4) is 0 Å². The predicted octanol–water partition coefficient (Wildman–Crippen LogP) is 1.42. The van der Waals surface area contributed by atoms with Gasteiger partial charge >= 0.3 is 0 Å². The van der Waals surface area contributed by atoms with Crippen LogP contribution in [0.2, 0.25) is 0 Å². The minimum atomic E-state index is -4.01. The maximum Gasteiger partial charge on any atom is 0.272 e. The molecule has 5 heteroatoms. The standard InChI is InChI=1S/C8H11NO3S/c1-2-8(13(10,11)12)7-4-3-5-9-6-7/h3-6,8H,2H2,1H3,(H,10,11,12).